The standard InChI is InChI=1S/C7H6N2O2/c1-2-7(10)11-6-3-8-5-9-4-6/h2-5H,1H2. The topological polar surface area (TPSA) is 52.1 Å². The average Bonchev–Trinajstić information content (AvgIpc) is 2.06. The highest BCUT2D eigenvalue weighted by molar-refractivity contribution is 5.83. The van der Waals surface area contributed by atoms with Gasteiger partial charge in [-0.25, -0.2) is 14.8 Å². The summed E-state index contributed by atoms with van der Waals surface area (Å²) in [6, 6.07) is 0. The second-order valence-corrected chi connectivity index (χ2v) is 1.70. The van der Waals surface area contributed by atoms with Gasteiger partial charge < -0.3 is 4.74 Å². The van der Waals surface area contributed by atoms with E-state index in [2.05, 4.69) is 21.3 Å². The molecule has 0 saturated heterocycles. The fraction of sp³-hybridized carbons (Fsp3) is 0. The van der Waals surface area contributed by atoms with Crippen LogP contribution in [0.2, 0.25) is 0 Å². The molecule has 0 aliphatic heterocycles. The Hall–Kier alpha value is -1.71. The summed E-state index contributed by atoms with van der Waals surface area (Å²) in [7, 11) is 0. The van der Waals surface area contributed by atoms with E-state index < -0.39 is 5.97 Å². The van der Waals surface area contributed by atoms with Crippen LogP contribution in [0.3, 0.4) is 0 Å². The number of carbonyl (C=O) groups is 1. The Morgan fingerprint density at radius 1 is 1.55 bits per heavy atom. The van der Waals surface area contributed by atoms with Gasteiger partial charge in [0.2, 0.25) is 0 Å². The van der Waals surface area contributed by atoms with E-state index >= 15 is 0 Å². The Morgan fingerprint density at radius 2 is 2.18 bits per heavy atom. The van der Waals surface area contributed by atoms with Crippen LogP contribution in [0.15, 0.2) is 31.4 Å². The summed E-state index contributed by atoms with van der Waals surface area (Å²) in [5.41, 5.74) is 0. The first-order valence-electron chi connectivity index (χ1n) is 2.92. The van der Waals surface area contributed by atoms with Crippen molar-refractivity contribution >= 4 is 5.97 Å². The largest absolute Gasteiger partial charge is 0.420 e. The van der Waals surface area contributed by atoms with Gasteiger partial charge in [-0.1, -0.05) is 6.58 Å². The molecule has 0 radical (unpaired) electrons. The summed E-state index contributed by atoms with van der Waals surface area (Å²) in [6.45, 7) is 3.24. The smallest absolute Gasteiger partial charge is 0.335 e. The molecule has 4 heteroatoms. The van der Waals surface area contributed by atoms with Crippen molar-refractivity contribution in [2.24, 2.45) is 0 Å². The third-order valence-electron chi connectivity index (χ3n) is 0.922. The van der Waals surface area contributed by atoms with Gasteiger partial charge in [0.25, 0.3) is 0 Å². The molecule has 0 fully saturated rings. The zero-order valence-electron chi connectivity index (χ0n) is 5.73. The summed E-state index contributed by atoms with van der Waals surface area (Å²) < 4.78 is 4.68. The number of aromatic nitrogens is 2. The number of hydrogen-bond donors (Lipinski definition) is 0. The Labute approximate surface area is 63.6 Å². The SMILES string of the molecule is C=CC(=O)Oc1cncnc1. The van der Waals surface area contributed by atoms with E-state index in [4.69, 9.17) is 0 Å². The Balaban J connectivity index is 2.65. The third kappa shape index (κ3) is 2.17. The van der Waals surface area contributed by atoms with E-state index in [0.29, 0.717) is 5.75 Å². The van der Waals surface area contributed by atoms with Crippen LogP contribution in [-0.4, -0.2) is 15.9 Å². The summed E-state index contributed by atoms with van der Waals surface area (Å²) in [5.74, 6) is -0.197. The molecule has 0 aliphatic carbocycles. The summed E-state index contributed by atoms with van der Waals surface area (Å²) >= 11 is 0. The fourth-order valence-corrected chi connectivity index (χ4v) is 0.496. The normalized spacial score (nSPS) is 8.73. The van der Waals surface area contributed by atoms with Crippen LogP contribution in [0.4, 0.5) is 0 Å². The molecular weight excluding hydrogens is 144 g/mol. The second kappa shape index (κ2) is 3.46. The summed E-state index contributed by atoms with van der Waals surface area (Å²) in [4.78, 5) is 17.9. The molecular formula is C7H6N2O2. The number of nitrogens with zero attached hydrogens (tertiary/aromatic N) is 2. The van der Waals surface area contributed by atoms with Crippen LogP contribution in [0, 0.1) is 0 Å². The van der Waals surface area contributed by atoms with Gasteiger partial charge in [0, 0.05) is 6.08 Å². The third-order valence-corrected chi connectivity index (χ3v) is 0.922. The molecule has 0 amide bonds. The number of esters is 1. The van der Waals surface area contributed by atoms with Crippen molar-refractivity contribution in [1.29, 1.82) is 0 Å². The van der Waals surface area contributed by atoms with Crippen molar-refractivity contribution in [3.8, 4) is 5.75 Å². The minimum Gasteiger partial charge on any atom is -0.420 e. The first-order chi connectivity index (χ1) is 5.33. The second-order valence-electron chi connectivity index (χ2n) is 1.70. The van der Waals surface area contributed by atoms with Crippen LogP contribution in [-0.2, 0) is 4.79 Å². The van der Waals surface area contributed by atoms with Crippen LogP contribution in [0.5, 0.6) is 5.75 Å². The van der Waals surface area contributed by atoms with E-state index in [1.165, 1.54) is 18.7 Å². The minimum absolute atomic E-state index is 0.317. The van der Waals surface area contributed by atoms with Crippen LogP contribution in [0.1, 0.15) is 0 Å². The van der Waals surface area contributed by atoms with Crippen molar-refractivity contribution in [3.05, 3.63) is 31.4 Å². The Kier molecular flexibility index (Phi) is 2.32. The highest BCUT2D eigenvalue weighted by atomic mass is 16.5. The predicted octanol–water partition coefficient (Wildman–Crippen LogP) is 0.568. The monoisotopic (exact) mass is 150 g/mol. The molecule has 0 aromatic carbocycles. The quantitative estimate of drug-likeness (QED) is 0.456. The molecule has 0 spiro atoms. The van der Waals surface area contributed by atoms with Gasteiger partial charge in [0.1, 0.15) is 6.33 Å². The molecule has 0 saturated carbocycles. The van der Waals surface area contributed by atoms with E-state index in [9.17, 15) is 4.79 Å². The molecule has 0 unspecified atom stereocenters. The molecule has 56 valence electrons. The number of rotatable bonds is 2. The van der Waals surface area contributed by atoms with Gasteiger partial charge >= 0.3 is 5.97 Å². The molecule has 0 bridgehead atoms. The lowest BCUT2D eigenvalue weighted by molar-refractivity contribution is -0.129. The van der Waals surface area contributed by atoms with E-state index in [-0.39, 0.29) is 0 Å². The molecule has 1 aromatic rings. The predicted molar refractivity (Wildman–Crippen MR) is 37.9 cm³/mol. The first-order valence-corrected chi connectivity index (χ1v) is 2.92. The maximum atomic E-state index is 10.6. The minimum atomic E-state index is -0.514. The van der Waals surface area contributed by atoms with Crippen molar-refractivity contribution in [3.63, 3.8) is 0 Å². The van der Waals surface area contributed by atoms with Gasteiger partial charge in [-0.2, -0.15) is 0 Å². The Morgan fingerprint density at radius 3 is 2.73 bits per heavy atom. The lowest BCUT2D eigenvalue weighted by atomic mass is 10.6. The maximum Gasteiger partial charge on any atom is 0.335 e. The lowest BCUT2D eigenvalue weighted by Crippen LogP contribution is -2.03. The molecule has 1 aromatic heterocycles. The van der Waals surface area contributed by atoms with Crippen molar-refractivity contribution < 1.29 is 9.53 Å². The van der Waals surface area contributed by atoms with E-state index in [1.54, 1.807) is 0 Å². The van der Waals surface area contributed by atoms with Crippen LogP contribution < -0.4 is 4.74 Å². The van der Waals surface area contributed by atoms with Gasteiger partial charge in [0.15, 0.2) is 5.75 Å². The average molecular weight is 150 g/mol. The van der Waals surface area contributed by atoms with Crippen molar-refractivity contribution in [2.75, 3.05) is 0 Å². The molecule has 1 heterocycles. The number of ether oxygens (including phenoxy) is 1. The van der Waals surface area contributed by atoms with E-state index in [1.807, 2.05) is 0 Å². The summed E-state index contributed by atoms with van der Waals surface area (Å²) in [5, 5.41) is 0. The van der Waals surface area contributed by atoms with Crippen molar-refractivity contribution in [1.82, 2.24) is 9.97 Å². The molecule has 0 atom stereocenters. The number of carbonyl (C=O) groups excluding carboxylic acids is 1. The molecule has 4 nitrogen and oxygen atoms in total. The maximum absolute atomic E-state index is 10.6. The molecule has 1 rings (SSSR count). The zero-order valence-corrected chi connectivity index (χ0v) is 5.73. The zero-order chi connectivity index (χ0) is 8.10. The highest BCUT2D eigenvalue weighted by Crippen LogP contribution is 2.03. The van der Waals surface area contributed by atoms with Crippen LogP contribution in [0.25, 0.3) is 0 Å². The Bertz CT molecular complexity index is 258. The summed E-state index contributed by atoms with van der Waals surface area (Å²) in [6.07, 6.45) is 5.22. The molecule has 0 aliphatic rings. The van der Waals surface area contributed by atoms with Gasteiger partial charge in [-0.15, -0.1) is 0 Å². The lowest BCUT2D eigenvalue weighted by Gasteiger charge is -1.96. The van der Waals surface area contributed by atoms with Crippen molar-refractivity contribution in [2.45, 2.75) is 0 Å². The molecule has 11 heavy (non-hydrogen) atoms. The van der Waals surface area contributed by atoms with Crippen LogP contribution >= 0.6 is 0 Å². The number of hydrogen-bond acceptors (Lipinski definition) is 4. The van der Waals surface area contributed by atoms with Gasteiger partial charge in [-0.05, 0) is 0 Å². The fourth-order valence-electron chi connectivity index (χ4n) is 0.496. The highest BCUT2D eigenvalue weighted by Gasteiger charge is 1.97. The van der Waals surface area contributed by atoms with Gasteiger partial charge in [-0.3, -0.25) is 0 Å². The van der Waals surface area contributed by atoms with E-state index in [0.717, 1.165) is 6.08 Å². The van der Waals surface area contributed by atoms with Gasteiger partial charge in [0.05, 0.1) is 12.4 Å². The molecule has 0 N–H and O–H groups in total. The first kappa shape index (κ1) is 7.40.